The van der Waals surface area contributed by atoms with Gasteiger partial charge in [0.05, 0.1) is 11.9 Å². The zero-order chi connectivity index (χ0) is 12.2. The molecule has 0 saturated carbocycles. The van der Waals surface area contributed by atoms with Gasteiger partial charge in [0.1, 0.15) is 5.76 Å². The number of aliphatic hydroxyl groups is 1. The molecule has 0 radical (unpaired) electrons. The summed E-state index contributed by atoms with van der Waals surface area (Å²) in [6.45, 7) is 1.45. The Kier molecular flexibility index (Phi) is 3.68. The maximum absolute atomic E-state index is 10.9. The van der Waals surface area contributed by atoms with Crippen LogP contribution in [-0.4, -0.2) is 29.1 Å². The van der Waals surface area contributed by atoms with Crippen molar-refractivity contribution in [3.8, 4) is 0 Å². The molecule has 2 amide bonds. The van der Waals surface area contributed by atoms with Gasteiger partial charge in [-0.2, -0.15) is 0 Å². The zero-order valence-corrected chi connectivity index (χ0v) is 8.90. The Balaban J connectivity index is 2.46. The van der Waals surface area contributed by atoms with E-state index in [4.69, 9.17) is 10.2 Å². The quantitative estimate of drug-likeness (QED) is 0.583. The Morgan fingerprint density at radius 3 is 2.81 bits per heavy atom. The molecule has 1 rings (SSSR count). The monoisotopic (exact) mass is 226 g/mol. The molecule has 0 bridgehead atoms. The van der Waals surface area contributed by atoms with Gasteiger partial charge < -0.3 is 20.6 Å². The third kappa shape index (κ3) is 3.74. The maximum Gasteiger partial charge on any atom is 0.309 e. The van der Waals surface area contributed by atoms with Crippen LogP contribution in [0.4, 0.5) is 0 Å². The Labute approximate surface area is 92.4 Å². The molecule has 0 aliphatic heterocycles. The van der Waals surface area contributed by atoms with Gasteiger partial charge in [0.25, 0.3) is 0 Å². The molecular formula is C10H14N2O4. The fraction of sp³-hybridized carbons (Fsp3) is 0.400. The van der Waals surface area contributed by atoms with E-state index in [2.05, 4.69) is 5.32 Å². The second kappa shape index (κ2) is 4.80. The molecule has 4 N–H and O–H groups in total. The molecule has 1 unspecified atom stereocenters. The Bertz CT molecular complexity index is 370. The average Bonchev–Trinajstić information content (AvgIpc) is 2.65. The lowest BCUT2D eigenvalue weighted by molar-refractivity contribution is -0.137. The van der Waals surface area contributed by atoms with Gasteiger partial charge in [-0.1, -0.05) is 0 Å². The molecule has 1 atom stereocenters. The van der Waals surface area contributed by atoms with Crippen molar-refractivity contribution in [3.05, 3.63) is 24.2 Å². The average molecular weight is 226 g/mol. The number of carbonyl (C=O) groups is 2. The van der Waals surface area contributed by atoms with Crippen molar-refractivity contribution < 1.29 is 19.1 Å². The smallest absolute Gasteiger partial charge is 0.309 e. The van der Waals surface area contributed by atoms with Crippen LogP contribution in [0.25, 0.3) is 0 Å². The first-order chi connectivity index (χ1) is 7.41. The number of nitrogens with two attached hydrogens (primary N) is 1. The van der Waals surface area contributed by atoms with Crippen LogP contribution in [-0.2, 0) is 16.0 Å². The van der Waals surface area contributed by atoms with Crippen LogP contribution in [0.2, 0.25) is 0 Å². The normalized spacial score (nSPS) is 14.1. The van der Waals surface area contributed by atoms with Crippen LogP contribution < -0.4 is 11.1 Å². The SMILES string of the molecule is CC(O)(CNC(=O)C(N)=O)Cc1ccco1. The maximum atomic E-state index is 10.9. The number of amides is 2. The Morgan fingerprint density at radius 1 is 1.62 bits per heavy atom. The van der Waals surface area contributed by atoms with E-state index in [-0.39, 0.29) is 13.0 Å². The second-order valence-corrected chi connectivity index (χ2v) is 3.80. The van der Waals surface area contributed by atoms with Gasteiger partial charge in [0, 0.05) is 13.0 Å². The van der Waals surface area contributed by atoms with Crippen molar-refractivity contribution in [1.82, 2.24) is 5.32 Å². The lowest BCUT2D eigenvalue weighted by atomic mass is 10.0. The molecule has 6 nitrogen and oxygen atoms in total. The fourth-order valence-electron chi connectivity index (χ4n) is 1.21. The topological polar surface area (TPSA) is 106 Å². The van der Waals surface area contributed by atoms with Crippen molar-refractivity contribution in [3.63, 3.8) is 0 Å². The van der Waals surface area contributed by atoms with E-state index >= 15 is 0 Å². The first-order valence-electron chi connectivity index (χ1n) is 4.73. The summed E-state index contributed by atoms with van der Waals surface area (Å²) in [6.07, 6.45) is 1.73. The van der Waals surface area contributed by atoms with Gasteiger partial charge in [0.15, 0.2) is 0 Å². The van der Waals surface area contributed by atoms with Crippen LogP contribution in [0, 0.1) is 0 Å². The van der Waals surface area contributed by atoms with Crippen molar-refractivity contribution in [2.75, 3.05) is 6.54 Å². The van der Waals surface area contributed by atoms with Gasteiger partial charge >= 0.3 is 11.8 Å². The van der Waals surface area contributed by atoms with Crippen molar-refractivity contribution >= 4 is 11.8 Å². The summed E-state index contributed by atoms with van der Waals surface area (Å²) < 4.78 is 5.06. The first-order valence-corrected chi connectivity index (χ1v) is 4.73. The Hall–Kier alpha value is -1.82. The highest BCUT2D eigenvalue weighted by molar-refractivity contribution is 6.34. The number of rotatable bonds is 4. The minimum absolute atomic E-state index is 0.0739. The van der Waals surface area contributed by atoms with Crippen molar-refractivity contribution in [1.29, 1.82) is 0 Å². The molecule has 1 aromatic heterocycles. The van der Waals surface area contributed by atoms with E-state index in [1.54, 1.807) is 12.1 Å². The second-order valence-electron chi connectivity index (χ2n) is 3.80. The summed E-state index contributed by atoms with van der Waals surface area (Å²) in [7, 11) is 0. The molecule has 0 aliphatic rings. The van der Waals surface area contributed by atoms with E-state index < -0.39 is 17.4 Å². The van der Waals surface area contributed by atoms with E-state index in [1.807, 2.05) is 0 Å². The van der Waals surface area contributed by atoms with E-state index in [0.717, 1.165) is 0 Å². The molecule has 6 heteroatoms. The standard InChI is InChI=1S/C10H14N2O4/c1-10(15,5-7-3-2-4-16-7)6-12-9(14)8(11)13/h2-4,15H,5-6H2,1H3,(H2,11,13)(H,12,14). The number of carbonyl (C=O) groups excluding carboxylic acids is 2. The number of hydrogen-bond acceptors (Lipinski definition) is 4. The summed E-state index contributed by atoms with van der Waals surface area (Å²) in [4.78, 5) is 21.3. The van der Waals surface area contributed by atoms with Gasteiger partial charge in [0.2, 0.25) is 0 Å². The molecule has 0 spiro atoms. The Morgan fingerprint density at radius 2 is 2.31 bits per heavy atom. The molecule has 0 saturated heterocycles. The van der Waals surface area contributed by atoms with Crippen LogP contribution in [0.5, 0.6) is 0 Å². The molecule has 0 aliphatic carbocycles. The molecule has 1 heterocycles. The fourth-order valence-corrected chi connectivity index (χ4v) is 1.21. The van der Waals surface area contributed by atoms with Gasteiger partial charge in [-0.05, 0) is 19.1 Å². The van der Waals surface area contributed by atoms with Crippen LogP contribution in [0.1, 0.15) is 12.7 Å². The minimum atomic E-state index is -1.19. The van der Waals surface area contributed by atoms with Crippen LogP contribution in [0.3, 0.4) is 0 Å². The third-order valence-corrected chi connectivity index (χ3v) is 1.99. The highest BCUT2D eigenvalue weighted by atomic mass is 16.3. The lowest BCUT2D eigenvalue weighted by Crippen LogP contribution is -2.46. The number of primary amides is 1. The largest absolute Gasteiger partial charge is 0.469 e. The molecule has 0 aromatic carbocycles. The lowest BCUT2D eigenvalue weighted by Gasteiger charge is -2.21. The highest BCUT2D eigenvalue weighted by Crippen LogP contribution is 2.12. The highest BCUT2D eigenvalue weighted by Gasteiger charge is 2.24. The van der Waals surface area contributed by atoms with Gasteiger partial charge in [-0.25, -0.2) is 0 Å². The molecule has 16 heavy (non-hydrogen) atoms. The summed E-state index contributed by atoms with van der Waals surface area (Å²) in [5.41, 5.74) is 3.56. The van der Waals surface area contributed by atoms with Gasteiger partial charge in [-0.3, -0.25) is 9.59 Å². The number of nitrogens with one attached hydrogen (secondary N) is 1. The molecule has 0 fully saturated rings. The number of furan rings is 1. The summed E-state index contributed by atoms with van der Waals surface area (Å²) >= 11 is 0. The molecule has 1 aromatic rings. The van der Waals surface area contributed by atoms with Gasteiger partial charge in [-0.15, -0.1) is 0 Å². The number of hydrogen-bond donors (Lipinski definition) is 3. The van der Waals surface area contributed by atoms with E-state index in [9.17, 15) is 14.7 Å². The zero-order valence-electron chi connectivity index (χ0n) is 8.90. The summed E-state index contributed by atoms with van der Waals surface area (Å²) in [5, 5.41) is 12.1. The van der Waals surface area contributed by atoms with E-state index in [0.29, 0.717) is 5.76 Å². The predicted molar refractivity (Wildman–Crippen MR) is 55.2 cm³/mol. The summed E-state index contributed by atoms with van der Waals surface area (Å²) in [5.74, 6) is -1.40. The third-order valence-electron chi connectivity index (χ3n) is 1.99. The van der Waals surface area contributed by atoms with Crippen molar-refractivity contribution in [2.45, 2.75) is 18.9 Å². The molecule has 88 valence electrons. The molecular weight excluding hydrogens is 212 g/mol. The van der Waals surface area contributed by atoms with Crippen LogP contribution in [0.15, 0.2) is 22.8 Å². The predicted octanol–water partition coefficient (Wildman–Crippen LogP) is -0.825. The summed E-state index contributed by atoms with van der Waals surface area (Å²) in [6, 6.07) is 3.41. The van der Waals surface area contributed by atoms with Crippen LogP contribution >= 0.6 is 0 Å². The first kappa shape index (κ1) is 12.3. The van der Waals surface area contributed by atoms with E-state index in [1.165, 1.54) is 13.2 Å². The van der Waals surface area contributed by atoms with Crippen molar-refractivity contribution in [2.24, 2.45) is 5.73 Å². The minimum Gasteiger partial charge on any atom is -0.469 e.